The standard InChI is InChI=1S/C21H24N4O4S2/c1-15-12-19(26)23-17-6-2-3-7-18(17)25(15)21(27)14-30-20-9-8-16(13-22-20)31(28,29)24-10-4-5-11-24/h2-3,6-9,13,15H,4-5,10-12,14H2,1H3,(H,23,26)/t15-/m0/s1. The lowest BCUT2D eigenvalue weighted by Gasteiger charge is -2.27. The summed E-state index contributed by atoms with van der Waals surface area (Å²) in [5.41, 5.74) is 1.29. The van der Waals surface area contributed by atoms with Crippen LogP contribution in [-0.2, 0) is 19.6 Å². The Bertz CT molecular complexity index is 1080. The minimum absolute atomic E-state index is 0.123. The molecule has 1 fully saturated rings. The van der Waals surface area contributed by atoms with Gasteiger partial charge >= 0.3 is 0 Å². The molecule has 0 unspecified atom stereocenters. The topological polar surface area (TPSA) is 99.7 Å². The summed E-state index contributed by atoms with van der Waals surface area (Å²) in [5.74, 6) is -0.144. The van der Waals surface area contributed by atoms with Crippen molar-refractivity contribution in [1.29, 1.82) is 0 Å². The summed E-state index contributed by atoms with van der Waals surface area (Å²) in [6.07, 6.45) is 3.32. The zero-order valence-corrected chi connectivity index (χ0v) is 18.8. The first-order chi connectivity index (χ1) is 14.9. The number of anilines is 2. The summed E-state index contributed by atoms with van der Waals surface area (Å²) in [4.78, 5) is 31.2. The Kier molecular flexibility index (Phi) is 6.31. The SMILES string of the molecule is C[C@H]1CC(=O)Nc2ccccc2N1C(=O)CSc1ccc(S(=O)(=O)N2CCCC2)cn1. The number of pyridine rings is 1. The molecule has 2 aliphatic heterocycles. The number of hydrogen-bond acceptors (Lipinski definition) is 6. The lowest BCUT2D eigenvalue weighted by molar-refractivity contribution is -0.117. The highest BCUT2D eigenvalue weighted by Gasteiger charge is 2.30. The number of amides is 2. The van der Waals surface area contributed by atoms with Crippen molar-refractivity contribution < 1.29 is 18.0 Å². The van der Waals surface area contributed by atoms with Crippen molar-refractivity contribution in [1.82, 2.24) is 9.29 Å². The molecule has 1 N–H and O–H groups in total. The molecule has 2 amide bonds. The lowest BCUT2D eigenvalue weighted by atomic mass is 10.2. The van der Waals surface area contributed by atoms with Crippen molar-refractivity contribution in [3.05, 3.63) is 42.6 Å². The van der Waals surface area contributed by atoms with Gasteiger partial charge in [-0.25, -0.2) is 13.4 Å². The van der Waals surface area contributed by atoms with E-state index >= 15 is 0 Å². The number of rotatable bonds is 5. The van der Waals surface area contributed by atoms with Crippen LogP contribution in [0.2, 0.25) is 0 Å². The predicted molar refractivity (Wildman–Crippen MR) is 120 cm³/mol. The first-order valence-corrected chi connectivity index (χ1v) is 12.6. The zero-order chi connectivity index (χ0) is 22.0. The summed E-state index contributed by atoms with van der Waals surface area (Å²) in [6, 6.07) is 10.1. The number of fused-ring (bicyclic) bond motifs is 1. The van der Waals surface area contributed by atoms with Gasteiger partial charge in [0.05, 0.1) is 22.2 Å². The van der Waals surface area contributed by atoms with Crippen molar-refractivity contribution in [2.45, 2.75) is 42.1 Å². The van der Waals surface area contributed by atoms with E-state index in [9.17, 15) is 18.0 Å². The molecule has 1 aromatic heterocycles. The Balaban J connectivity index is 1.46. The molecule has 1 saturated heterocycles. The smallest absolute Gasteiger partial charge is 0.244 e. The lowest BCUT2D eigenvalue weighted by Crippen LogP contribution is -2.40. The van der Waals surface area contributed by atoms with E-state index in [1.807, 2.05) is 25.1 Å². The van der Waals surface area contributed by atoms with Gasteiger partial charge in [0.25, 0.3) is 0 Å². The van der Waals surface area contributed by atoms with Crippen LogP contribution in [0.25, 0.3) is 0 Å². The quantitative estimate of drug-likeness (QED) is 0.689. The van der Waals surface area contributed by atoms with E-state index in [-0.39, 0.29) is 34.9 Å². The molecule has 31 heavy (non-hydrogen) atoms. The van der Waals surface area contributed by atoms with Crippen molar-refractivity contribution in [2.24, 2.45) is 0 Å². The number of sulfonamides is 1. The summed E-state index contributed by atoms with van der Waals surface area (Å²) < 4.78 is 26.7. The number of carbonyl (C=O) groups excluding carboxylic acids is 2. The second kappa shape index (κ2) is 8.97. The van der Waals surface area contributed by atoms with E-state index in [1.165, 1.54) is 22.3 Å². The highest BCUT2D eigenvalue weighted by molar-refractivity contribution is 7.99. The van der Waals surface area contributed by atoms with Gasteiger partial charge in [0.1, 0.15) is 4.90 Å². The number of benzene rings is 1. The molecular formula is C21H24N4O4S2. The second-order valence-corrected chi connectivity index (χ2v) is 10.5. The minimum atomic E-state index is -3.51. The average molecular weight is 461 g/mol. The largest absolute Gasteiger partial charge is 0.324 e. The van der Waals surface area contributed by atoms with Gasteiger partial charge in [0, 0.05) is 31.7 Å². The maximum absolute atomic E-state index is 13.0. The number of nitrogens with one attached hydrogen (secondary N) is 1. The first kappa shape index (κ1) is 21.8. The molecule has 2 aromatic rings. The molecule has 164 valence electrons. The van der Waals surface area contributed by atoms with Gasteiger partial charge in [-0.05, 0) is 44.0 Å². The fourth-order valence-electron chi connectivity index (χ4n) is 3.86. The van der Waals surface area contributed by atoms with E-state index in [0.29, 0.717) is 29.5 Å². The number of thioether (sulfide) groups is 1. The Labute approximate surface area is 186 Å². The third kappa shape index (κ3) is 4.60. The van der Waals surface area contributed by atoms with Gasteiger partial charge in [-0.15, -0.1) is 0 Å². The van der Waals surface area contributed by atoms with Crippen molar-refractivity contribution in [3.63, 3.8) is 0 Å². The Morgan fingerprint density at radius 3 is 2.65 bits per heavy atom. The van der Waals surface area contributed by atoms with Gasteiger partial charge in [-0.2, -0.15) is 4.31 Å². The molecule has 0 spiro atoms. The molecule has 2 aliphatic rings. The Hall–Kier alpha value is -2.43. The normalized spacial score (nSPS) is 19.6. The molecule has 10 heteroatoms. The van der Waals surface area contributed by atoms with Gasteiger partial charge in [-0.3, -0.25) is 9.59 Å². The monoisotopic (exact) mass is 460 g/mol. The van der Waals surface area contributed by atoms with Crippen molar-refractivity contribution in [3.8, 4) is 0 Å². The van der Waals surface area contributed by atoms with Crippen molar-refractivity contribution in [2.75, 3.05) is 29.1 Å². The van der Waals surface area contributed by atoms with E-state index in [4.69, 9.17) is 0 Å². The third-order valence-corrected chi connectivity index (χ3v) is 8.19. The molecule has 0 aliphatic carbocycles. The Morgan fingerprint density at radius 1 is 1.19 bits per heavy atom. The number of aromatic nitrogens is 1. The van der Waals surface area contributed by atoms with Crippen molar-refractivity contribution >= 4 is 45.0 Å². The van der Waals surface area contributed by atoms with E-state index in [0.717, 1.165) is 12.8 Å². The van der Waals surface area contributed by atoms with Crippen LogP contribution in [-0.4, -0.2) is 54.4 Å². The second-order valence-electron chi connectivity index (χ2n) is 7.61. The van der Waals surface area contributed by atoms with Crippen LogP contribution in [0.15, 0.2) is 52.5 Å². The molecule has 4 rings (SSSR count). The molecule has 0 bridgehead atoms. The fourth-order valence-corrected chi connectivity index (χ4v) is 6.02. The van der Waals surface area contributed by atoms with E-state index in [1.54, 1.807) is 23.1 Å². The maximum atomic E-state index is 13.0. The number of hydrogen-bond donors (Lipinski definition) is 1. The fraction of sp³-hybridized carbons (Fsp3) is 0.381. The number of para-hydroxylation sites is 2. The van der Waals surface area contributed by atoms with Gasteiger partial charge in [0.15, 0.2) is 0 Å². The maximum Gasteiger partial charge on any atom is 0.244 e. The molecule has 3 heterocycles. The molecular weight excluding hydrogens is 436 g/mol. The highest BCUT2D eigenvalue weighted by Crippen LogP contribution is 2.32. The number of carbonyl (C=O) groups is 2. The van der Waals surface area contributed by atoms with E-state index in [2.05, 4.69) is 10.3 Å². The van der Waals surface area contributed by atoms with Gasteiger partial charge < -0.3 is 10.2 Å². The number of nitrogens with zero attached hydrogens (tertiary/aromatic N) is 3. The molecule has 0 radical (unpaired) electrons. The van der Waals surface area contributed by atoms with Crippen LogP contribution in [0, 0.1) is 0 Å². The van der Waals surface area contributed by atoms with Crippen LogP contribution in [0.3, 0.4) is 0 Å². The Morgan fingerprint density at radius 2 is 1.94 bits per heavy atom. The first-order valence-electron chi connectivity index (χ1n) is 10.2. The molecule has 1 aromatic carbocycles. The van der Waals surface area contributed by atoms with Gasteiger partial charge in [-0.1, -0.05) is 23.9 Å². The highest BCUT2D eigenvalue weighted by atomic mass is 32.2. The van der Waals surface area contributed by atoms with E-state index < -0.39 is 10.0 Å². The molecule has 8 nitrogen and oxygen atoms in total. The molecule has 0 saturated carbocycles. The minimum Gasteiger partial charge on any atom is -0.324 e. The van der Waals surface area contributed by atoms with Gasteiger partial charge in [0.2, 0.25) is 21.8 Å². The molecule has 1 atom stereocenters. The predicted octanol–water partition coefficient (Wildman–Crippen LogP) is 2.72. The summed E-state index contributed by atoms with van der Waals surface area (Å²) >= 11 is 1.24. The van der Waals surface area contributed by atoms with Crippen LogP contribution >= 0.6 is 11.8 Å². The van der Waals surface area contributed by atoms with Crippen LogP contribution in [0.1, 0.15) is 26.2 Å². The van der Waals surface area contributed by atoms with Crippen LogP contribution in [0.4, 0.5) is 11.4 Å². The third-order valence-electron chi connectivity index (χ3n) is 5.38. The summed E-state index contributed by atoms with van der Waals surface area (Å²) in [5, 5.41) is 3.41. The zero-order valence-electron chi connectivity index (χ0n) is 17.2. The summed E-state index contributed by atoms with van der Waals surface area (Å²) in [7, 11) is -3.51. The average Bonchev–Trinajstić information content (AvgIpc) is 3.26. The summed E-state index contributed by atoms with van der Waals surface area (Å²) in [6.45, 7) is 2.93. The van der Waals surface area contributed by atoms with Crippen LogP contribution in [0.5, 0.6) is 0 Å². The van der Waals surface area contributed by atoms with Crippen LogP contribution < -0.4 is 10.2 Å².